The highest BCUT2D eigenvalue weighted by Crippen LogP contribution is 2.50. The van der Waals surface area contributed by atoms with Gasteiger partial charge in [-0.2, -0.15) is 0 Å². The molecule has 0 fully saturated rings. The number of benzene rings is 9. The van der Waals surface area contributed by atoms with Gasteiger partial charge in [-0.25, -0.2) is 0 Å². The van der Waals surface area contributed by atoms with Crippen LogP contribution in [0.3, 0.4) is 0 Å². The van der Waals surface area contributed by atoms with Crippen LogP contribution in [-0.2, 0) is 0 Å². The first-order valence-corrected chi connectivity index (χ1v) is 19.0. The molecule has 0 saturated carbocycles. The summed E-state index contributed by atoms with van der Waals surface area (Å²) < 4.78 is 7.52. The van der Waals surface area contributed by atoms with Crippen LogP contribution in [0.1, 0.15) is 0 Å². The quantitative estimate of drug-likeness (QED) is 0.174. The van der Waals surface area contributed by atoms with Crippen LogP contribution in [0.2, 0.25) is 0 Å². The van der Waals surface area contributed by atoms with E-state index in [1.165, 1.54) is 87.3 Å². The number of fused-ring (bicyclic) bond motifs is 13. The van der Waals surface area contributed by atoms with Crippen molar-refractivity contribution in [3.8, 4) is 28.2 Å². The van der Waals surface area contributed by atoms with Gasteiger partial charge in [0.05, 0.1) is 33.1 Å². The van der Waals surface area contributed by atoms with E-state index in [4.69, 9.17) is 0 Å². The van der Waals surface area contributed by atoms with E-state index in [9.17, 15) is 0 Å². The van der Waals surface area contributed by atoms with E-state index >= 15 is 0 Å². The Morgan fingerprint density at radius 2 is 0.618 bits per heavy atom. The summed E-state index contributed by atoms with van der Waals surface area (Å²) in [4.78, 5) is 0. The first-order chi connectivity index (χ1) is 27.3. The van der Waals surface area contributed by atoms with Crippen molar-refractivity contribution < 1.29 is 0 Å². The molecule has 3 heteroatoms. The van der Waals surface area contributed by atoms with Crippen molar-refractivity contribution in [1.29, 1.82) is 0 Å². The molecule has 0 aliphatic rings. The molecule has 256 valence electrons. The van der Waals surface area contributed by atoms with Gasteiger partial charge < -0.3 is 13.7 Å². The minimum absolute atomic E-state index is 1.13. The van der Waals surface area contributed by atoms with Crippen molar-refractivity contribution in [3.63, 3.8) is 0 Å². The highest BCUT2D eigenvalue weighted by Gasteiger charge is 2.28. The lowest BCUT2D eigenvalue weighted by molar-refractivity contribution is 1.17. The zero-order chi connectivity index (χ0) is 36.0. The summed E-state index contributed by atoms with van der Waals surface area (Å²) in [6, 6.07) is 73.1. The van der Waals surface area contributed by atoms with Crippen molar-refractivity contribution in [2.45, 2.75) is 0 Å². The molecule has 12 rings (SSSR count). The molecule has 0 aliphatic heterocycles. The van der Waals surface area contributed by atoms with Gasteiger partial charge in [0.2, 0.25) is 0 Å². The van der Waals surface area contributed by atoms with Crippen LogP contribution >= 0.6 is 0 Å². The van der Waals surface area contributed by atoms with Gasteiger partial charge in [-0.1, -0.05) is 140 Å². The standard InChI is InChI=1S/C52H33N3/c1-3-17-38(18-4-1)53-44-24-12-9-21-41(44)47-50-48(42-22-10-13-25-45(42)54(50)39-19-5-2-6-20-39)52-49(51(47)53)43-23-11-14-26-46(43)55(52)40-31-29-35(30-32-40)37-28-27-34-15-7-8-16-36(34)33-37/h1-33H. The highest BCUT2D eigenvalue weighted by molar-refractivity contribution is 6.40. The van der Waals surface area contributed by atoms with E-state index in [2.05, 4.69) is 214 Å². The Morgan fingerprint density at radius 1 is 0.255 bits per heavy atom. The molecule has 55 heavy (non-hydrogen) atoms. The van der Waals surface area contributed by atoms with E-state index in [1.54, 1.807) is 0 Å². The molecule has 3 heterocycles. The van der Waals surface area contributed by atoms with Gasteiger partial charge >= 0.3 is 0 Å². The van der Waals surface area contributed by atoms with Gasteiger partial charge in [0.25, 0.3) is 0 Å². The van der Waals surface area contributed by atoms with E-state index in [0.29, 0.717) is 0 Å². The summed E-state index contributed by atoms with van der Waals surface area (Å²) in [5, 5.41) is 10.00. The number of hydrogen-bond acceptors (Lipinski definition) is 0. The molecular weight excluding hydrogens is 667 g/mol. The molecule has 0 saturated heterocycles. The highest BCUT2D eigenvalue weighted by atomic mass is 15.0. The number of para-hydroxylation sites is 5. The summed E-state index contributed by atoms with van der Waals surface area (Å²) in [5.41, 5.74) is 13.1. The van der Waals surface area contributed by atoms with Crippen molar-refractivity contribution >= 4 is 76.2 Å². The smallest absolute Gasteiger partial charge is 0.0663 e. The van der Waals surface area contributed by atoms with Crippen LogP contribution in [0.15, 0.2) is 200 Å². The molecule has 0 N–H and O–H groups in total. The van der Waals surface area contributed by atoms with Crippen molar-refractivity contribution in [3.05, 3.63) is 200 Å². The molecule has 12 aromatic rings. The molecule has 0 radical (unpaired) electrons. The average molecular weight is 700 g/mol. The Kier molecular flexibility index (Phi) is 6.34. The van der Waals surface area contributed by atoms with E-state index in [0.717, 1.165) is 17.1 Å². The summed E-state index contributed by atoms with van der Waals surface area (Å²) in [5.74, 6) is 0. The third-order valence-corrected chi connectivity index (χ3v) is 11.6. The summed E-state index contributed by atoms with van der Waals surface area (Å²) in [6.45, 7) is 0. The van der Waals surface area contributed by atoms with Crippen LogP contribution in [0.5, 0.6) is 0 Å². The number of rotatable bonds is 4. The van der Waals surface area contributed by atoms with Gasteiger partial charge in [-0.3, -0.25) is 0 Å². The van der Waals surface area contributed by atoms with Crippen molar-refractivity contribution in [1.82, 2.24) is 13.7 Å². The summed E-state index contributed by atoms with van der Waals surface area (Å²) >= 11 is 0. The fraction of sp³-hybridized carbons (Fsp3) is 0. The molecule has 3 nitrogen and oxygen atoms in total. The first kappa shape index (κ1) is 30.1. The summed E-state index contributed by atoms with van der Waals surface area (Å²) in [6.07, 6.45) is 0. The average Bonchev–Trinajstić information content (AvgIpc) is 3.90. The Balaban J connectivity index is 1.29. The maximum absolute atomic E-state index is 2.52. The maximum atomic E-state index is 2.52. The van der Waals surface area contributed by atoms with Crippen LogP contribution in [-0.4, -0.2) is 13.7 Å². The number of hydrogen-bond donors (Lipinski definition) is 0. The van der Waals surface area contributed by atoms with E-state index in [-0.39, 0.29) is 0 Å². The van der Waals surface area contributed by atoms with Crippen LogP contribution in [0, 0.1) is 0 Å². The van der Waals surface area contributed by atoms with E-state index in [1.807, 2.05) is 0 Å². The number of aromatic nitrogens is 3. The Morgan fingerprint density at radius 3 is 1.09 bits per heavy atom. The minimum Gasteiger partial charge on any atom is -0.308 e. The largest absolute Gasteiger partial charge is 0.308 e. The van der Waals surface area contributed by atoms with Crippen molar-refractivity contribution in [2.75, 3.05) is 0 Å². The Bertz CT molecular complexity index is 3380. The molecule has 9 aromatic carbocycles. The molecule has 0 bridgehead atoms. The molecule has 0 unspecified atom stereocenters. The SMILES string of the molecule is c1ccc(-n2c3ccccc3c3c2c2c4ccccc4n(-c4ccc(-c5ccc6ccccc6c5)cc4)c2c2c4ccccc4n(-c4ccccc4)c32)cc1. The second kappa shape index (κ2) is 11.6. The lowest BCUT2D eigenvalue weighted by Gasteiger charge is -2.14. The second-order valence-electron chi connectivity index (χ2n) is 14.5. The minimum atomic E-state index is 1.13. The third-order valence-electron chi connectivity index (χ3n) is 11.6. The van der Waals surface area contributed by atoms with Crippen LogP contribution in [0.25, 0.3) is 104 Å². The molecule has 0 amide bonds. The normalized spacial score (nSPS) is 12.0. The predicted molar refractivity (Wildman–Crippen MR) is 232 cm³/mol. The monoisotopic (exact) mass is 699 g/mol. The van der Waals surface area contributed by atoms with Gasteiger partial charge in [-0.15, -0.1) is 0 Å². The zero-order valence-corrected chi connectivity index (χ0v) is 29.9. The lowest BCUT2D eigenvalue weighted by Crippen LogP contribution is -1.98. The maximum Gasteiger partial charge on any atom is 0.0663 e. The molecular formula is C52H33N3. The molecule has 0 aliphatic carbocycles. The van der Waals surface area contributed by atoms with Crippen molar-refractivity contribution in [2.24, 2.45) is 0 Å². The third kappa shape index (κ3) is 4.26. The fourth-order valence-electron chi connectivity index (χ4n) is 9.28. The van der Waals surface area contributed by atoms with Gasteiger partial charge in [0, 0.05) is 49.4 Å². The molecule has 3 aromatic heterocycles. The second-order valence-corrected chi connectivity index (χ2v) is 14.5. The van der Waals surface area contributed by atoms with Gasteiger partial charge in [0.1, 0.15) is 0 Å². The predicted octanol–water partition coefficient (Wildman–Crippen LogP) is 13.8. The Labute approximate surface area is 317 Å². The van der Waals surface area contributed by atoms with Gasteiger partial charge in [-0.05, 0) is 82.6 Å². The lowest BCUT2D eigenvalue weighted by atomic mass is 10.0. The molecule has 0 spiro atoms. The van der Waals surface area contributed by atoms with Crippen LogP contribution < -0.4 is 0 Å². The Hall–Kier alpha value is -7.36. The summed E-state index contributed by atoms with van der Waals surface area (Å²) in [7, 11) is 0. The van der Waals surface area contributed by atoms with Gasteiger partial charge in [0.15, 0.2) is 0 Å². The zero-order valence-electron chi connectivity index (χ0n) is 29.9. The topological polar surface area (TPSA) is 14.8 Å². The van der Waals surface area contributed by atoms with E-state index < -0.39 is 0 Å². The molecule has 0 atom stereocenters. The first-order valence-electron chi connectivity index (χ1n) is 19.0. The number of nitrogens with zero attached hydrogens (tertiary/aromatic N) is 3. The van der Waals surface area contributed by atoms with Crippen LogP contribution in [0.4, 0.5) is 0 Å². The fourth-order valence-corrected chi connectivity index (χ4v) is 9.28.